The quantitative estimate of drug-likeness (QED) is 0.221. The average molecular weight is 494 g/mol. The molecule has 35 heavy (non-hydrogen) atoms. The fraction of sp³-hybridized carbons (Fsp3) is 0.160. The molecule has 182 valence electrons. The van der Waals surface area contributed by atoms with Gasteiger partial charge in [0.25, 0.3) is 10.0 Å². The Balaban J connectivity index is 0.00000361. The summed E-state index contributed by atoms with van der Waals surface area (Å²) in [7, 11) is -4.12. The summed E-state index contributed by atoms with van der Waals surface area (Å²) >= 11 is 0. The third-order valence-corrected chi connectivity index (χ3v) is 6.77. The van der Waals surface area contributed by atoms with Crippen LogP contribution in [0.3, 0.4) is 0 Å². The maximum absolute atomic E-state index is 13.0. The smallest absolute Gasteiger partial charge is 0.284 e. The van der Waals surface area contributed by atoms with Crippen LogP contribution in [-0.4, -0.2) is 34.0 Å². The van der Waals surface area contributed by atoms with E-state index >= 15 is 0 Å². The number of aliphatic hydroxyl groups excluding tert-OH is 1. The number of rotatable bonds is 7. The van der Waals surface area contributed by atoms with Crippen LogP contribution in [0.2, 0.25) is 0 Å². The molecule has 10 heteroatoms. The van der Waals surface area contributed by atoms with Crippen molar-refractivity contribution in [3.8, 4) is 17.0 Å². The van der Waals surface area contributed by atoms with E-state index in [0.29, 0.717) is 29.3 Å². The molecule has 0 bridgehead atoms. The molecule has 4 aromatic rings. The maximum Gasteiger partial charge on any atom is 0.284 e. The standard InChI is InChI=1S/C25H25N5O4S.H2/c1-16-14-24(30-23(28-16)12-13-27-30)34-15-19-8-10-20(11-9-19)21-6-4-5-7-22(21)35(32,33)29-25(26)17(2)18(3)31;/h4-14,31H,15H2,1-3H3,(H2,26,29);1H/b18-17-;. The summed E-state index contributed by atoms with van der Waals surface area (Å²) in [5.41, 5.74) is 9.60. The highest BCUT2D eigenvalue weighted by Gasteiger charge is 2.20. The van der Waals surface area contributed by atoms with Crippen molar-refractivity contribution in [2.75, 3.05) is 0 Å². The molecule has 0 aliphatic heterocycles. The van der Waals surface area contributed by atoms with E-state index in [0.717, 1.165) is 11.3 Å². The molecular weight excluding hydrogens is 466 g/mol. The molecule has 0 spiro atoms. The van der Waals surface area contributed by atoms with Crippen LogP contribution >= 0.6 is 0 Å². The summed E-state index contributed by atoms with van der Waals surface area (Å²) < 4.78 is 37.3. The Labute approximate surface area is 204 Å². The minimum absolute atomic E-state index is 0. The number of nitrogens with two attached hydrogens (primary N) is 1. The molecule has 9 nitrogen and oxygen atoms in total. The van der Waals surface area contributed by atoms with Crippen molar-refractivity contribution in [1.29, 1.82) is 0 Å². The van der Waals surface area contributed by atoms with Crippen LogP contribution in [0.1, 0.15) is 26.5 Å². The SMILES string of the molecule is C/C(O)=C(C)/C(N)=N\S(=O)(=O)c1ccccc1-c1ccc(COc2cc(C)nc3ccnn23)cc1.[HH]. The van der Waals surface area contributed by atoms with E-state index in [1.807, 2.05) is 37.3 Å². The number of sulfonamides is 1. The molecule has 0 saturated carbocycles. The molecule has 0 amide bonds. The van der Waals surface area contributed by atoms with Gasteiger partial charge in [-0.3, -0.25) is 0 Å². The Morgan fingerprint density at radius 1 is 1.14 bits per heavy atom. The summed E-state index contributed by atoms with van der Waals surface area (Å²) in [5, 5.41) is 13.8. The average Bonchev–Trinajstić information content (AvgIpc) is 3.30. The molecule has 0 radical (unpaired) electrons. The molecular formula is C25H27N5O4S. The Bertz CT molecular complexity index is 1560. The van der Waals surface area contributed by atoms with Crippen molar-refractivity contribution in [2.24, 2.45) is 10.1 Å². The number of hydrogen-bond acceptors (Lipinski definition) is 6. The van der Waals surface area contributed by atoms with E-state index in [1.54, 1.807) is 35.0 Å². The minimum atomic E-state index is -4.12. The predicted octanol–water partition coefficient (Wildman–Crippen LogP) is 4.43. The van der Waals surface area contributed by atoms with Gasteiger partial charge in [0.1, 0.15) is 12.4 Å². The molecule has 2 aromatic carbocycles. The second-order valence-electron chi connectivity index (χ2n) is 7.98. The number of aryl methyl sites for hydroxylation is 1. The number of fused-ring (bicyclic) bond motifs is 1. The fourth-order valence-corrected chi connectivity index (χ4v) is 4.62. The zero-order valence-electron chi connectivity index (χ0n) is 19.5. The number of ether oxygens (including phenoxy) is 1. The van der Waals surface area contributed by atoms with Gasteiger partial charge in [-0.1, -0.05) is 42.5 Å². The Hall–Kier alpha value is -4.18. The number of allylic oxidation sites excluding steroid dienone is 1. The second kappa shape index (κ2) is 9.59. The summed E-state index contributed by atoms with van der Waals surface area (Å²) in [6, 6.07) is 17.6. The number of aliphatic hydroxyl groups is 1. The lowest BCUT2D eigenvalue weighted by Gasteiger charge is -2.11. The van der Waals surface area contributed by atoms with Crippen molar-refractivity contribution in [3.63, 3.8) is 0 Å². The van der Waals surface area contributed by atoms with Crippen molar-refractivity contribution in [3.05, 3.63) is 89.5 Å². The van der Waals surface area contributed by atoms with Crippen LogP contribution in [0.4, 0.5) is 0 Å². The maximum atomic E-state index is 13.0. The fourth-order valence-electron chi connectivity index (χ4n) is 3.41. The zero-order chi connectivity index (χ0) is 25.2. The summed E-state index contributed by atoms with van der Waals surface area (Å²) in [6.07, 6.45) is 1.66. The van der Waals surface area contributed by atoms with E-state index in [4.69, 9.17) is 10.5 Å². The molecule has 2 aromatic heterocycles. The molecule has 0 aliphatic carbocycles. The van der Waals surface area contributed by atoms with Gasteiger partial charge in [0.05, 0.1) is 16.9 Å². The van der Waals surface area contributed by atoms with Crippen LogP contribution < -0.4 is 10.5 Å². The van der Waals surface area contributed by atoms with Crippen molar-refractivity contribution >= 4 is 21.5 Å². The van der Waals surface area contributed by atoms with Gasteiger partial charge in [0.2, 0.25) is 5.88 Å². The van der Waals surface area contributed by atoms with E-state index in [9.17, 15) is 13.5 Å². The van der Waals surface area contributed by atoms with E-state index in [2.05, 4.69) is 14.5 Å². The largest absolute Gasteiger partial charge is 0.512 e. The molecule has 4 rings (SSSR count). The summed E-state index contributed by atoms with van der Waals surface area (Å²) in [5.74, 6) is 0.226. The lowest BCUT2D eigenvalue weighted by Crippen LogP contribution is -2.17. The Morgan fingerprint density at radius 2 is 1.86 bits per heavy atom. The van der Waals surface area contributed by atoms with Crippen molar-refractivity contribution < 1.29 is 19.7 Å². The van der Waals surface area contributed by atoms with Crippen LogP contribution in [0.15, 0.2) is 87.5 Å². The number of amidine groups is 1. The van der Waals surface area contributed by atoms with Gasteiger partial charge in [-0.05, 0) is 38.0 Å². The van der Waals surface area contributed by atoms with Gasteiger partial charge in [-0.2, -0.15) is 18.0 Å². The van der Waals surface area contributed by atoms with E-state index in [1.165, 1.54) is 19.9 Å². The van der Waals surface area contributed by atoms with Crippen molar-refractivity contribution in [1.82, 2.24) is 14.6 Å². The predicted molar refractivity (Wildman–Crippen MR) is 136 cm³/mol. The molecule has 3 N–H and O–H groups in total. The Kier molecular flexibility index (Phi) is 6.57. The first-order chi connectivity index (χ1) is 16.7. The highest BCUT2D eigenvalue weighted by Crippen LogP contribution is 2.29. The van der Waals surface area contributed by atoms with Gasteiger partial charge in [0, 0.05) is 30.4 Å². The molecule has 0 atom stereocenters. The van der Waals surface area contributed by atoms with Crippen LogP contribution in [-0.2, 0) is 16.6 Å². The third kappa shape index (κ3) is 5.17. The van der Waals surface area contributed by atoms with Gasteiger partial charge in [-0.15, -0.1) is 4.40 Å². The molecule has 0 saturated heterocycles. The highest BCUT2D eigenvalue weighted by molar-refractivity contribution is 7.90. The highest BCUT2D eigenvalue weighted by atomic mass is 32.2. The number of hydrogen-bond donors (Lipinski definition) is 2. The first-order valence-corrected chi connectivity index (χ1v) is 12.2. The monoisotopic (exact) mass is 493 g/mol. The zero-order valence-corrected chi connectivity index (χ0v) is 20.3. The molecule has 0 unspecified atom stereocenters. The van der Waals surface area contributed by atoms with Crippen LogP contribution in [0, 0.1) is 6.92 Å². The minimum Gasteiger partial charge on any atom is -0.512 e. The van der Waals surface area contributed by atoms with Crippen LogP contribution in [0.25, 0.3) is 16.8 Å². The number of benzene rings is 2. The number of nitrogens with zero attached hydrogens (tertiary/aromatic N) is 4. The number of aromatic nitrogens is 3. The first-order valence-electron chi connectivity index (χ1n) is 10.8. The first kappa shape index (κ1) is 24.0. The summed E-state index contributed by atoms with van der Waals surface area (Å²) in [4.78, 5) is 4.42. The molecule has 0 aliphatic rings. The summed E-state index contributed by atoms with van der Waals surface area (Å²) in [6.45, 7) is 5.10. The van der Waals surface area contributed by atoms with Gasteiger partial charge in [-0.25, -0.2) is 4.98 Å². The van der Waals surface area contributed by atoms with Crippen molar-refractivity contribution in [2.45, 2.75) is 32.3 Å². The molecule has 2 heterocycles. The lowest BCUT2D eigenvalue weighted by atomic mass is 10.0. The molecule has 0 fully saturated rings. The third-order valence-electron chi connectivity index (χ3n) is 5.42. The Morgan fingerprint density at radius 3 is 2.57 bits per heavy atom. The van der Waals surface area contributed by atoms with E-state index < -0.39 is 10.0 Å². The van der Waals surface area contributed by atoms with Crippen LogP contribution in [0.5, 0.6) is 5.88 Å². The second-order valence-corrected chi connectivity index (χ2v) is 9.55. The topological polar surface area (TPSA) is 132 Å². The van der Waals surface area contributed by atoms with Gasteiger partial charge in [0.15, 0.2) is 5.65 Å². The lowest BCUT2D eigenvalue weighted by molar-refractivity contribution is 0.285. The van der Waals surface area contributed by atoms with Gasteiger partial charge < -0.3 is 15.6 Å². The van der Waals surface area contributed by atoms with Gasteiger partial charge >= 0.3 is 0 Å². The normalized spacial score (nSPS) is 13.1. The van der Waals surface area contributed by atoms with E-state index in [-0.39, 0.29) is 23.5 Å².